The normalized spacial score (nSPS) is 17.4. The van der Waals surface area contributed by atoms with Crippen LogP contribution >= 0.6 is 11.6 Å². The maximum absolute atomic E-state index is 13.2. The predicted octanol–water partition coefficient (Wildman–Crippen LogP) is 4.79. The number of pyridine rings is 1. The molecule has 0 aliphatic carbocycles. The summed E-state index contributed by atoms with van der Waals surface area (Å²) in [6.07, 6.45) is 5.84. The molecule has 0 radical (unpaired) electrons. The summed E-state index contributed by atoms with van der Waals surface area (Å²) in [6.45, 7) is 4.82. The maximum Gasteiger partial charge on any atom is 0.257 e. The number of hydrogen-bond acceptors (Lipinski definition) is 3. The SMILES string of the molecule is CC[C@H]1CCCCN1C(=O)c1cnc2c(c(C)nn2-c2ccccc2)c1Cl. The van der Waals surface area contributed by atoms with E-state index in [-0.39, 0.29) is 11.9 Å². The Balaban J connectivity index is 1.79. The van der Waals surface area contributed by atoms with Gasteiger partial charge in [-0.3, -0.25) is 4.79 Å². The second-order valence-corrected chi connectivity index (χ2v) is 7.45. The van der Waals surface area contributed by atoms with Crippen LogP contribution in [-0.4, -0.2) is 38.2 Å². The lowest BCUT2D eigenvalue weighted by Crippen LogP contribution is -2.43. The Morgan fingerprint density at radius 1 is 1.26 bits per heavy atom. The van der Waals surface area contributed by atoms with Gasteiger partial charge in [0.2, 0.25) is 0 Å². The van der Waals surface area contributed by atoms with Gasteiger partial charge in [-0.05, 0) is 44.7 Å². The highest BCUT2D eigenvalue weighted by molar-refractivity contribution is 6.38. The maximum atomic E-state index is 13.2. The van der Waals surface area contributed by atoms with Gasteiger partial charge in [-0.2, -0.15) is 5.10 Å². The van der Waals surface area contributed by atoms with E-state index in [0.717, 1.165) is 42.6 Å². The van der Waals surface area contributed by atoms with Crippen LogP contribution < -0.4 is 0 Å². The largest absolute Gasteiger partial charge is 0.336 e. The fourth-order valence-electron chi connectivity index (χ4n) is 3.95. The van der Waals surface area contributed by atoms with Crippen LogP contribution in [0.1, 0.15) is 48.7 Å². The quantitative estimate of drug-likeness (QED) is 0.654. The van der Waals surface area contributed by atoms with Crippen molar-refractivity contribution in [3.05, 3.63) is 52.8 Å². The number of aryl methyl sites for hydroxylation is 1. The van der Waals surface area contributed by atoms with Gasteiger partial charge in [0.1, 0.15) is 0 Å². The second kappa shape index (κ2) is 7.31. The molecule has 5 nitrogen and oxygen atoms in total. The van der Waals surface area contributed by atoms with Gasteiger partial charge in [0.05, 0.1) is 27.4 Å². The average molecular weight is 383 g/mol. The van der Waals surface area contributed by atoms with E-state index in [1.165, 1.54) is 6.42 Å². The first-order chi connectivity index (χ1) is 13.1. The predicted molar refractivity (Wildman–Crippen MR) is 108 cm³/mol. The standard InChI is InChI=1S/C21H23ClN4O/c1-3-15-9-7-8-12-25(15)21(27)17-13-23-20-18(19(17)22)14(2)24-26(20)16-10-5-4-6-11-16/h4-6,10-11,13,15H,3,7-9,12H2,1-2H3/t15-/m0/s1. The third-order valence-electron chi connectivity index (χ3n) is 5.40. The van der Waals surface area contributed by atoms with Gasteiger partial charge in [0.15, 0.2) is 5.65 Å². The summed E-state index contributed by atoms with van der Waals surface area (Å²) >= 11 is 6.71. The molecule has 27 heavy (non-hydrogen) atoms. The van der Waals surface area contributed by atoms with Crippen LogP contribution in [0.5, 0.6) is 0 Å². The summed E-state index contributed by atoms with van der Waals surface area (Å²) in [7, 11) is 0. The van der Waals surface area contributed by atoms with Crippen molar-refractivity contribution in [1.29, 1.82) is 0 Å². The van der Waals surface area contributed by atoms with Crippen LogP contribution in [0, 0.1) is 6.92 Å². The van der Waals surface area contributed by atoms with Crippen molar-refractivity contribution in [2.45, 2.75) is 45.6 Å². The Hall–Kier alpha value is -2.40. The van der Waals surface area contributed by atoms with Crippen molar-refractivity contribution >= 4 is 28.5 Å². The third kappa shape index (κ3) is 3.10. The molecule has 6 heteroatoms. The molecule has 1 saturated heterocycles. The van der Waals surface area contributed by atoms with Crippen molar-refractivity contribution in [2.75, 3.05) is 6.54 Å². The summed E-state index contributed by atoms with van der Waals surface area (Å²) < 4.78 is 1.78. The molecule has 1 aromatic carbocycles. The lowest BCUT2D eigenvalue weighted by atomic mass is 9.99. The number of likely N-dealkylation sites (tertiary alicyclic amines) is 1. The highest BCUT2D eigenvalue weighted by Gasteiger charge is 2.29. The highest BCUT2D eigenvalue weighted by atomic mass is 35.5. The third-order valence-corrected chi connectivity index (χ3v) is 5.79. The van der Waals surface area contributed by atoms with Crippen molar-refractivity contribution in [3.63, 3.8) is 0 Å². The van der Waals surface area contributed by atoms with Crippen LogP contribution in [-0.2, 0) is 0 Å². The molecule has 4 rings (SSSR count). The lowest BCUT2D eigenvalue weighted by molar-refractivity contribution is 0.0608. The van der Waals surface area contributed by atoms with Gasteiger partial charge in [-0.15, -0.1) is 0 Å². The molecular weight excluding hydrogens is 360 g/mol. The van der Waals surface area contributed by atoms with E-state index < -0.39 is 0 Å². The topological polar surface area (TPSA) is 51.0 Å². The van der Waals surface area contributed by atoms with E-state index in [4.69, 9.17) is 11.6 Å². The van der Waals surface area contributed by atoms with Crippen LogP contribution in [0.2, 0.25) is 5.02 Å². The van der Waals surface area contributed by atoms with E-state index in [1.54, 1.807) is 10.9 Å². The number of amides is 1. The number of halogens is 1. The van der Waals surface area contributed by atoms with Crippen LogP contribution in [0.25, 0.3) is 16.7 Å². The first-order valence-electron chi connectivity index (χ1n) is 9.52. The minimum Gasteiger partial charge on any atom is -0.336 e. The molecule has 3 aromatic rings. The minimum atomic E-state index is -0.0205. The molecule has 1 aliphatic rings. The van der Waals surface area contributed by atoms with Gasteiger partial charge < -0.3 is 4.90 Å². The zero-order valence-corrected chi connectivity index (χ0v) is 16.4. The monoisotopic (exact) mass is 382 g/mol. The molecule has 140 valence electrons. The molecule has 0 saturated carbocycles. The highest BCUT2D eigenvalue weighted by Crippen LogP contribution is 2.32. The average Bonchev–Trinajstić information content (AvgIpc) is 3.06. The molecular formula is C21H23ClN4O. The Morgan fingerprint density at radius 3 is 2.78 bits per heavy atom. The van der Waals surface area contributed by atoms with E-state index in [0.29, 0.717) is 16.2 Å². The number of carbonyl (C=O) groups is 1. The fourth-order valence-corrected chi connectivity index (χ4v) is 4.30. The zero-order chi connectivity index (χ0) is 19.0. The number of aromatic nitrogens is 3. The first-order valence-corrected chi connectivity index (χ1v) is 9.89. The Kier molecular flexibility index (Phi) is 4.87. The number of carbonyl (C=O) groups excluding carboxylic acids is 1. The molecule has 1 aliphatic heterocycles. The first kappa shape index (κ1) is 18.0. The molecule has 1 atom stereocenters. The Labute approximate surface area is 164 Å². The minimum absolute atomic E-state index is 0.0205. The van der Waals surface area contributed by atoms with Crippen LogP contribution in [0.15, 0.2) is 36.5 Å². The summed E-state index contributed by atoms with van der Waals surface area (Å²) in [6, 6.07) is 10.1. The number of benzene rings is 1. The summed E-state index contributed by atoms with van der Waals surface area (Å²) in [5, 5.41) is 5.81. The smallest absolute Gasteiger partial charge is 0.257 e. The molecule has 0 unspecified atom stereocenters. The van der Waals surface area contributed by atoms with Gasteiger partial charge in [-0.25, -0.2) is 9.67 Å². The number of fused-ring (bicyclic) bond motifs is 1. The molecule has 3 heterocycles. The van der Waals surface area contributed by atoms with Crippen molar-refractivity contribution in [2.24, 2.45) is 0 Å². The molecule has 1 fully saturated rings. The second-order valence-electron chi connectivity index (χ2n) is 7.07. The van der Waals surface area contributed by atoms with Gasteiger partial charge >= 0.3 is 0 Å². The zero-order valence-electron chi connectivity index (χ0n) is 15.7. The van der Waals surface area contributed by atoms with Gasteiger partial charge in [0.25, 0.3) is 5.91 Å². The molecule has 0 spiro atoms. The van der Waals surface area contributed by atoms with E-state index in [9.17, 15) is 4.79 Å². The number of para-hydroxylation sites is 1. The van der Waals surface area contributed by atoms with Crippen molar-refractivity contribution < 1.29 is 4.79 Å². The van der Waals surface area contributed by atoms with Gasteiger partial charge in [-0.1, -0.05) is 36.7 Å². The summed E-state index contributed by atoms with van der Waals surface area (Å²) in [4.78, 5) is 19.7. The number of rotatable bonds is 3. The molecule has 0 bridgehead atoms. The Morgan fingerprint density at radius 2 is 2.04 bits per heavy atom. The molecule has 0 N–H and O–H groups in total. The number of nitrogens with zero attached hydrogens (tertiary/aromatic N) is 4. The number of piperidine rings is 1. The van der Waals surface area contributed by atoms with Crippen LogP contribution in [0.4, 0.5) is 0 Å². The molecule has 1 amide bonds. The fraction of sp³-hybridized carbons (Fsp3) is 0.381. The van der Waals surface area contributed by atoms with E-state index >= 15 is 0 Å². The summed E-state index contributed by atoms with van der Waals surface area (Å²) in [5.41, 5.74) is 2.83. The Bertz CT molecular complexity index is 983. The van der Waals surface area contributed by atoms with E-state index in [2.05, 4.69) is 17.0 Å². The van der Waals surface area contributed by atoms with Gasteiger partial charge in [0, 0.05) is 18.8 Å². The molecule has 2 aromatic heterocycles. The number of hydrogen-bond donors (Lipinski definition) is 0. The van der Waals surface area contributed by atoms with Crippen molar-refractivity contribution in [1.82, 2.24) is 19.7 Å². The van der Waals surface area contributed by atoms with Crippen LogP contribution in [0.3, 0.4) is 0 Å². The lowest BCUT2D eigenvalue weighted by Gasteiger charge is -2.35. The summed E-state index contributed by atoms with van der Waals surface area (Å²) in [5.74, 6) is -0.0205. The van der Waals surface area contributed by atoms with E-state index in [1.807, 2.05) is 42.2 Å². The van der Waals surface area contributed by atoms with Crippen molar-refractivity contribution in [3.8, 4) is 5.69 Å².